The van der Waals surface area contributed by atoms with Gasteiger partial charge in [-0.15, -0.1) is 0 Å². The number of carbonyl (C=O) groups is 1. The standard InChI is InChI=1S/C15H24ClN5O3/c16-12-9-19-14(15(24)21(12)7-8-22)18-5-4-11-3-1-2-6-20(11)10-13(17)23/h9,11,22H,1-8,10H2,(H2,17,23)(H,18,19). The topological polar surface area (TPSA) is 113 Å². The maximum absolute atomic E-state index is 12.2. The third-order valence-electron chi connectivity index (χ3n) is 4.21. The van der Waals surface area contributed by atoms with Crippen LogP contribution < -0.4 is 16.6 Å². The number of nitrogens with one attached hydrogen (secondary N) is 1. The summed E-state index contributed by atoms with van der Waals surface area (Å²) in [6.07, 6.45) is 5.39. The Morgan fingerprint density at radius 1 is 1.50 bits per heavy atom. The number of aliphatic hydroxyl groups excluding tert-OH is 1. The molecule has 1 aromatic heterocycles. The Hall–Kier alpha value is -1.64. The first-order chi connectivity index (χ1) is 11.5. The Balaban J connectivity index is 1.94. The van der Waals surface area contributed by atoms with Crippen molar-refractivity contribution >= 4 is 23.3 Å². The van der Waals surface area contributed by atoms with Crippen LogP contribution in [0.2, 0.25) is 5.15 Å². The van der Waals surface area contributed by atoms with Crippen molar-refractivity contribution in [3.05, 3.63) is 21.7 Å². The quantitative estimate of drug-likeness (QED) is 0.605. The van der Waals surface area contributed by atoms with Gasteiger partial charge in [-0.3, -0.25) is 19.1 Å². The van der Waals surface area contributed by atoms with E-state index in [1.807, 2.05) is 0 Å². The zero-order valence-electron chi connectivity index (χ0n) is 13.6. The molecule has 2 rings (SSSR count). The number of amides is 1. The highest BCUT2D eigenvalue weighted by atomic mass is 35.5. The van der Waals surface area contributed by atoms with Crippen LogP contribution in [0.3, 0.4) is 0 Å². The summed E-state index contributed by atoms with van der Waals surface area (Å²) in [5, 5.41) is 12.2. The molecular weight excluding hydrogens is 334 g/mol. The summed E-state index contributed by atoms with van der Waals surface area (Å²) in [6.45, 7) is 1.66. The fraction of sp³-hybridized carbons (Fsp3) is 0.667. The summed E-state index contributed by atoms with van der Waals surface area (Å²) < 4.78 is 1.27. The number of halogens is 1. The second-order valence-corrected chi connectivity index (χ2v) is 6.30. The Morgan fingerprint density at radius 2 is 2.29 bits per heavy atom. The molecule has 8 nitrogen and oxygen atoms in total. The van der Waals surface area contributed by atoms with E-state index in [1.54, 1.807) is 0 Å². The number of rotatable bonds is 8. The predicted molar refractivity (Wildman–Crippen MR) is 92.1 cm³/mol. The van der Waals surface area contributed by atoms with Crippen LogP contribution in [-0.4, -0.2) is 57.7 Å². The number of aliphatic hydroxyl groups is 1. The molecule has 1 saturated heterocycles. The molecule has 0 aromatic carbocycles. The summed E-state index contributed by atoms with van der Waals surface area (Å²) in [4.78, 5) is 29.5. The van der Waals surface area contributed by atoms with Gasteiger partial charge in [-0.05, 0) is 25.8 Å². The van der Waals surface area contributed by atoms with Gasteiger partial charge in [0.15, 0.2) is 5.82 Å². The number of hydrogen-bond acceptors (Lipinski definition) is 6. The van der Waals surface area contributed by atoms with E-state index in [0.29, 0.717) is 6.54 Å². The molecule has 1 atom stereocenters. The third kappa shape index (κ3) is 4.93. The van der Waals surface area contributed by atoms with Crippen molar-refractivity contribution in [3.63, 3.8) is 0 Å². The summed E-state index contributed by atoms with van der Waals surface area (Å²) in [5.41, 5.74) is 4.95. The minimum atomic E-state index is -0.353. The number of anilines is 1. The SMILES string of the molecule is NC(=O)CN1CCCCC1CCNc1ncc(Cl)n(CCO)c1=O. The van der Waals surface area contributed by atoms with Crippen molar-refractivity contribution in [2.45, 2.75) is 38.3 Å². The molecule has 1 unspecified atom stereocenters. The van der Waals surface area contributed by atoms with Crippen LogP contribution in [0.1, 0.15) is 25.7 Å². The maximum Gasteiger partial charge on any atom is 0.294 e. The molecule has 0 radical (unpaired) electrons. The van der Waals surface area contributed by atoms with E-state index in [4.69, 9.17) is 22.4 Å². The first-order valence-electron chi connectivity index (χ1n) is 8.15. The zero-order chi connectivity index (χ0) is 17.5. The zero-order valence-corrected chi connectivity index (χ0v) is 14.3. The van der Waals surface area contributed by atoms with Gasteiger partial charge >= 0.3 is 0 Å². The molecule has 0 aliphatic carbocycles. The third-order valence-corrected chi connectivity index (χ3v) is 4.51. The van der Waals surface area contributed by atoms with E-state index >= 15 is 0 Å². The van der Waals surface area contributed by atoms with E-state index in [1.165, 1.54) is 10.8 Å². The average molecular weight is 358 g/mol. The van der Waals surface area contributed by atoms with Gasteiger partial charge in [0.05, 0.1) is 25.9 Å². The lowest BCUT2D eigenvalue weighted by atomic mass is 9.99. The van der Waals surface area contributed by atoms with Gasteiger partial charge in [-0.1, -0.05) is 18.0 Å². The molecule has 4 N–H and O–H groups in total. The molecule has 0 bridgehead atoms. The largest absolute Gasteiger partial charge is 0.395 e. The molecule has 134 valence electrons. The number of piperidine rings is 1. The minimum absolute atomic E-state index is 0.129. The van der Waals surface area contributed by atoms with Crippen molar-refractivity contribution < 1.29 is 9.90 Å². The summed E-state index contributed by atoms with van der Waals surface area (Å²) in [7, 11) is 0. The van der Waals surface area contributed by atoms with Crippen molar-refractivity contribution in [1.82, 2.24) is 14.5 Å². The van der Waals surface area contributed by atoms with Gasteiger partial charge in [0.1, 0.15) is 5.15 Å². The second-order valence-electron chi connectivity index (χ2n) is 5.91. The van der Waals surface area contributed by atoms with E-state index in [-0.39, 0.29) is 48.2 Å². The molecule has 0 spiro atoms. The first-order valence-corrected chi connectivity index (χ1v) is 8.53. The number of primary amides is 1. The average Bonchev–Trinajstić information content (AvgIpc) is 2.54. The summed E-state index contributed by atoms with van der Waals surface area (Å²) in [6, 6.07) is 0.269. The van der Waals surface area contributed by atoms with Gasteiger partial charge in [0.25, 0.3) is 5.56 Å². The smallest absolute Gasteiger partial charge is 0.294 e. The predicted octanol–water partition coefficient (Wildman–Crippen LogP) is 0.0308. The van der Waals surface area contributed by atoms with Crippen molar-refractivity contribution in [2.24, 2.45) is 5.73 Å². The molecule has 1 aliphatic rings. The number of carbonyl (C=O) groups excluding carboxylic acids is 1. The van der Waals surface area contributed by atoms with Crippen molar-refractivity contribution in [3.8, 4) is 0 Å². The highest BCUT2D eigenvalue weighted by molar-refractivity contribution is 6.29. The highest BCUT2D eigenvalue weighted by Crippen LogP contribution is 2.19. The van der Waals surface area contributed by atoms with Crippen molar-refractivity contribution in [1.29, 1.82) is 0 Å². The summed E-state index contributed by atoms with van der Waals surface area (Å²) >= 11 is 5.91. The molecule has 1 fully saturated rings. The van der Waals surface area contributed by atoms with Crippen LogP contribution in [0, 0.1) is 0 Å². The van der Waals surface area contributed by atoms with Gasteiger partial charge < -0.3 is 16.2 Å². The van der Waals surface area contributed by atoms with Gasteiger partial charge in [0.2, 0.25) is 5.91 Å². The number of likely N-dealkylation sites (tertiary alicyclic amines) is 1. The van der Waals surface area contributed by atoms with E-state index in [0.717, 1.165) is 32.2 Å². The molecular formula is C15H24ClN5O3. The normalized spacial score (nSPS) is 18.5. The lowest BCUT2D eigenvalue weighted by molar-refractivity contribution is -0.120. The number of aromatic nitrogens is 2. The number of nitrogens with two attached hydrogens (primary N) is 1. The van der Waals surface area contributed by atoms with Crippen LogP contribution >= 0.6 is 11.6 Å². The van der Waals surface area contributed by atoms with Crippen LogP contribution in [0.25, 0.3) is 0 Å². The van der Waals surface area contributed by atoms with E-state index in [9.17, 15) is 9.59 Å². The fourth-order valence-corrected chi connectivity index (χ4v) is 3.26. The van der Waals surface area contributed by atoms with Crippen molar-refractivity contribution in [2.75, 3.05) is 31.6 Å². The highest BCUT2D eigenvalue weighted by Gasteiger charge is 2.23. The monoisotopic (exact) mass is 357 g/mol. The lowest BCUT2D eigenvalue weighted by Crippen LogP contribution is -2.45. The van der Waals surface area contributed by atoms with Gasteiger partial charge in [-0.25, -0.2) is 4.98 Å². The van der Waals surface area contributed by atoms with Gasteiger partial charge in [-0.2, -0.15) is 0 Å². The number of hydrogen-bond donors (Lipinski definition) is 3. The van der Waals surface area contributed by atoms with Crippen LogP contribution in [-0.2, 0) is 11.3 Å². The molecule has 2 heterocycles. The Kier molecular flexibility index (Phi) is 7.01. The van der Waals surface area contributed by atoms with Gasteiger partial charge in [0, 0.05) is 12.6 Å². The lowest BCUT2D eigenvalue weighted by Gasteiger charge is -2.34. The van der Waals surface area contributed by atoms with E-state index < -0.39 is 0 Å². The fourth-order valence-electron chi connectivity index (χ4n) is 3.05. The molecule has 1 amide bonds. The first kappa shape index (κ1) is 18.7. The Labute approximate surface area is 145 Å². The Bertz CT molecular complexity index is 622. The van der Waals surface area contributed by atoms with Crippen LogP contribution in [0.15, 0.2) is 11.0 Å². The molecule has 9 heteroatoms. The molecule has 1 aliphatic heterocycles. The summed E-state index contributed by atoms with van der Waals surface area (Å²) in [5.74, 6) is -0.105. The second kappa shape index (κ2) is 9.00. The van der Waals surface area contributed by atoms with Crippen LogP contribution in [0.4, 0.5) is 5.82 Å². The molecule has 1 aromatic rings. The molecule has 24 heavy (non-hydrogen) atoms. The Morgan fingerprint density at radius 3 is 3.00 bits per heavy atom. The number of nitrogens with zero attached hydrogens (tertiary/aromatic N) is 3. The van der Waals surface area contributed by atoms with E-state index in [2.05, 4.69) is 15.2 Å². The molecule has 0 saturated carbocycles. The minimum Gasteiger partial charge on any atom is -0.395 e. The maximum atomic E-state index is 12.2. The van der Waals surface area contributed by atoms with Crippen LogP contribution in [0.5, 0.6) is 0 Å².